The summed E-state index contributed by atoms with van der Waals surface area (Å²) in [7, 11) is 0. The van der Waals surface area contributed by atoms with Crippen LogP contribution in [0.4, 0.5) is 0 Å². The summed E-state index contributed by atoms with van der Waals surface area (Å²) in [4.78, 5) is 11.6. The van der Waals surface area contributed by atoms with E-state index in [0.29, 0.717) is 6.61 Å². The van der Waals surface area contributed by atoms with Crippen LogP contribution in [0.25, 0.3) is 0 Å². The second kappa shape index (κ2) is 4.58. The molecule has 0 radical (unpaired) electrons. The van der Waals surface area contributed by atoms with E-state index in [9.17, 15) is 4.79 Å². The van der Waals surface area contributed by atoms with E-state index in [4.69, 9.17) is 4.74 Å². The smallest absolute Gasteiger partial charge is 0.240 e. The Morgan fingerprint density at radius 3 is 2.85 bits per heavy atom. The minimum absolute atomic E-state index is 0.0298. The zero-order valence-corrected chi connectivity index (χ0v) is 8.46. The van der Waals surface area contributed by atoms with Crippen LogP contribution in [0.2, 0.25) is 0 Å². The lowest BCUT2D eigenvalue weighted by molar-refractivity contribution is -0.129. The standard InChI is InChI=1S/C9H18N2O2/c1-6(2)11-9(12)8-7(3)13-5-4-10-8/h6-8,10H,4-5H2,1-3H3,(H,11,12). The minimum Gasteiger partial charge on any atom is -0.375 e. The van der Waals surface area contributed by atoms with Crippen molar-refractivity contribution in [2.75, 3.05) is 13.2 Å². The zero-order chi connectivity index (χ0) is 9.84. The second-order valence-electron chi connectivity index (χ2n) is 3.67. The molecule has 2 unspecified atom stereocenters. The molecule has 1 rings (SSSR count). The second-order valence-corrected chi connectivity index (χ2v) is 3.67. The van der Waals surface area contributed by atoms with E-state index in [-0.39, 0.29) is 24.1 Å². The summed E-state index contributed by atoms with van der Waals surface area (Å²) in [6, 6.07) is -0.0143. The maximum atomic E-state index is 11.6. The van der Waals surface area contributed by atoms with E-state index < -0.39 is 0 Å². The van der Waals surface area contributed by atoms with E-state index in [1.807, 2.05) is 20.8 Å². The molecule has 0 aromatic carbocycles. The van der Waals surface area contributed by atoms with E-state index in [1.165, 1.54) is 0 Å². The van der Waals surface area contributed by atoms with Crippen LogP contribution in [0.5, 0.6) is 0 Å². The van der Waals surface area contributed by atoms with Crippen molar-refractivity contribution in [1.29, 1.82) is 0 Å². The summed E-state index contributed by atoms with van der Waals surface area (Å²) < 4.78 is 5.37. The first-order chi connectivity index (χ1) is 6.11. The van der Waals surface area contributed by atoms with Crippen molar-refractivity contribution < 1.29 is 9.53 Å². The molecule has 1 saturated heterocycles. The van der Waals surface area contributed by atoms with Crippen LogP contribution in [0.3, 0.4) is 0 Å². The van der Waals surface area contributed by atoms with Gasteiger partial charge >= 0.3 is 0 Å². The normalized spacial score (nSPS) is 28.9. The van der Waals surface area contributed by atoms with Gasteiger partial charge in [0.1, 0.15) is 6.04 Å². The molecule has 1 aliphatic rings. The van der Waals surface area contributed by atoms with Gasteiger partial charge < -0.3 is 15.4 Å². The monoisotopic (exact) mass is 186 g/mol. The summed E-state index contributed by atoms with van der Waals surface area (Å²) in [5.41, 5.74) is 0. The Balaban J connectivity index is 2.44. The van der Waals surface area contributed by atoms with Crippen molar-refractivity contribution >= 4 is 5.91 Å². The molecule has 0 bridgehead atoms. The topological polar surface area (TPSA) is 50.4 Å². The fourth-order valence-corrected chi connectivity index (χ4v) is 1.40. The molecule has 1 amide bonds. The zero-order valence-electron chi connectivity index (χ0n) is 8.46. The van der Waals surface area contributed by atoms with Crippen LogP contribution >= 0.6 is 0 Å². The van der Waals surface area contributed by atoms with E-state index in [2.05, 4.69) is 10.6 Å². The van der Waals surface area contributed by atoms with E-state index in [0.717, 1.165) is 6.54 Å². The number of hydrogen-bond donors (Lipinski definition) is 2. The number of nitrogens with one attached hydrogen (secondary N) is 2. The number of amides is 1. The third kappa shape index (κ3) is 2.97. The van der Waals surface area contributed by atoms with Gasteiger partial charge in [0, 0.05) is 12.6 Å². The highest BCUT2D eigenvalue weighted by Gasteiger charge is 2.28. The van der Waals surface area contributed by atoms with E-state index in [1.54, 1.807) is 0 Å². The van der Waals surface area contributed by atoms with E-state index >= 15 is 0 Å². The summed E-state index contributed by atoms with van der Waals surface area (Å²) >= 11 is 0. The molecule has 0 aromatic heterocycles. The van der Waals surface area contributed by atoms with Crippen molar-refractivity contribution in [1.82, 2.24) is 10.6 Å². The molecule has 1 heterocycles. The Hall–Kier alpha value is -0.610. The molecule has 0 saturated carbocycles. The number of carbonyl (C=O) groups is 1. The largest absolute Gasteiger partial charge is 0.375 e. The summed E-state index contributed by atoms with van der Waals surface area (Å²) in [6.45, 7) is 7.25. The highest BCUT2D eigenvalue weighted by atomic mass is 16.5. The summed E-state index contributed by atoms with van der Waals surface area (Å²) in [5.74, 6) is 0.0298. The molecule has 0 aromatic rings. The molecule has 13 heavy (non-hydrogen) atoms. The quantitative estimate of drug-likeness (QED) is 0.632. The number of ether oxygens (including phenoxy) is 1. The van der Waals surface area contributed by atoms with Crippen molar-refractivity contribution in [3.63, 3.8) is 0 Å². The van der Waals surface area contributed by atoms with Gasteiger partial charge in [-0.05, 0) is 20.8 Å². The lowest BCUT2D eigenvalue weighted by Crippen LogP contribution is -2.56. The molecule has 4 nitrogen and oxygen atoms in total. The lowest BCUT2D eigenvalue weighted by Gasteiger charge is -2.29. The molecule has 76 valence electrons. The molecule has 2 atom stereocenters. The van der Waals surface area contributed by atoms with Crippen LogP contribution in [0.15, 0.2) is 0 Å². The molecular formula is C9H18N2O2. The highest BCUT2D eigenvalue weighted by molar-refractivity contribution is 5.82. The number of morpholine rings is 1. The third-order valence-electron chi connectivity index (χ3n) is 2.03. The number of rotatable bonds is 2. The Morgan fingerprint density at radius 2 is 2.31 bits per heavy atom. The molecule has 0 aliphatic carbocycles. The Kier molecular flexibility index (Phi) is 3.69. The van der Waals surface area contributed by atoms with Gasteiger partial charge in [0.2, 0.25) is 5.91 Å². The van der Waals surface area contributed by atoms with Gasteiger partial charge in [0.25, 0.3) is 0 Å². The van der Waals surface area contributed by atoms with Crippen LogP contribution < -0.4 is 10.6 Å². The minimum atomic E-state index is -0.198. The summed E-state index contributed by atoms with van der Waals surface area (Å²) in [5, 5.41) is 6.00. The SMILES string of the molecule is CC(C)NC(=O)C1NCCOC1C. The maximum Gasteiger partial charge on any atom is 0.240 e. The van der Waals surface area contributed by atoms with Crippen LogP contribution in [-0.4, -0.2) is 37.2 Å². The van der Waals surface area contributed by atoms with Gasteiger partial charge in [-0.15, -0.1) is 0 Å². The van der Waals surface area contributed by atoms with Gasteiger partial charge in [-0.2, -0.15) is 0 Å². The fraction of sp³-hybridized carbons (Fsp3) is 0.889. The van der Waals surface area contributed by atoms with Gasteiger partial charge in [-0.3, -0.25) is 4.79 Å². The Bertz CT molecular complexity index is 182. The van der Waals surface area contributed by atoms with Crippen LogP contribution in [0.1, 0.15) is 20.8 Å². The number of carbonyl (C=O) groups excluding carboxylic acids is 1. The van der Waals surface area contributed by atoms with Crippen molar-refractivity contribution in [3.8, 4) is 0 Å². The first-order valence-electron chi connectivity index (χ1n) is 4.76. The van der Waals surface area contributed by atoms with Crippen molar-refractivity contribution in [3.05, 3.63) is 0 Å². The average molecular weight is 186 g/mol. The van der Waals surface area contributed by atoms with Gasteiger partial charge in [-0.1, -0.05) is 0 Å². The molecule has 1 aliphatic heterocycles. The lowest BCUT2D eigenvalue weighted by atomic mass is 10.1. The molecular weight excluding hydrogens is 168 g/mol. The van der Waals surface area contributed by atoms with Gasteiger partial charge in [-0.25, -0.2) is 0 Å². The molecule has 4 heteroatoms. The molecule has 2 N–H and O–H groups in total. The predicted molar refractivity (Wildman–Crippen MR) is 50.5 cm³/mol. The van der Waals surface area contributed by atoms with Gasteiger partial charge in [0.05, 0.1) is 12.7 Å². The third-order valence-corrected chi connectivity index (χ3v) is 2.03. The maximum absolute atomic E-state index is 11.6. The van der Waals surface area contributed by atoms with Crippen molar-refractivity contribution in [2.45, 2.75) is 39.0 Å². The van der Waals surface area contributed by atoms with Crippen LogP contribution in [-0.2, 0) is 9.53 Å². The Morgan fingerprint density at radius 1 is 1.62 bits per heavy atom. The predicted octanol–water partition coefficient (Wildman–Crippen LogP) is -0.112. The summed E-state index contributed by atoms with van der Waals surface area (Å²) in [6.07, 6.45) is -0.0347. The fourth-order valence-electron chi connectivity index (χ4n) is 1.40. The molecule has 0 spiro atoms. The first kappa shape index (κ1) is 10.5. The van der Waals surface area contributed by atoms with Crippen molar-refractivity contribution in [2.24, 2.45) is 0 Å². The highest BCUT2D eigenvalue weighted by Crippen LogP contribution is 2.03. The Labute approximate surface area is 79.0 Å². The van der Waals surface area contributed by atoms with Crippen LogP contribution in [0, 0.1) is 0 Å². The molecule has 1 fully saturated rings. The van der Waals surface area contributed by atoms with Gasteiger partial charge in [0.15, 0.2) is 0 Å². The first-order valence-corrected chi connectivity index (χ1v) is 4.76. The average Bonchev–Trinajstić information content (AvgIpc) is 2.03. The number of hydrogen-bond acceptors (Lipinski definition) is 3.